The average Bonchev–Trinajstić information content (AvgIpc) is 2.83. The van der Waals surface area contributed by atoms with Gasteiger partial charge in [0, 0.05) is 22.3 Å². The lowest BCUT2D eigenvalue weighted by Gasteiger charge is -2.16. The Kier molecular flexibility index (Phi) is 8.10. The van der Waals surface area contributed by atoms with E-state index in [1.54, 1.807) is 88.4 Å². The lowest BCUT2D eigenvalue weighted by atomic mass is 9.97. The fraction of sp³-hybridized carbons (Fsp3) is 0.161. The first-order valence-electron chi connectivity index (χ1n) is 11.1. The first kappa shape index (κ1) is 26.0. The Morgan fingerprint density at radius 2 is 1.22 bits per heavy atom. The second-order valence-corrected chi connectivity index (χ2v) is 9.05. The van der Waals surface area contributed by atoms with Crippen molar-refractivity contribution in [2.45, 2.75) is 27.7 Å². The molecule has 3 aromatic rings. The molecule has 3 rings (SSSR count). The SMILES string of the molecule is C=C(C)C(=O)Oc1ccc(C#Cc2ccc(C#Cc3ccc(OC(=O)C(C)(C)C)cc3)cc2F)cc1. The third-order valence-electron chi connectivity index (χ3n) is 4.75. The van der Waals surface area contributed by atoms with Gasteiger partial charge >= 0.3 is 11.9 Å². The molecular weight excluding hydrogens is 455 g/mol. The van der Waals surface area contributed by atoms with E-state index in [1.807, 2.05) is 0 Å². The lowest BCUT2D eigenvalue weighted by Crippen LogP contribution is -2.25. The smallest absolute Gasteiger partial charge is 0.338 e. The molecule has 0 aliphatic carbocycles. The highest BCUT2D eigenvalue weighted by atomic mass is 19.1. The number of esters is 2. The molecule has 36 heavy (non-hydrogen) atoms. The van der Waals surface area contributed by atoms with E-state index in [1.165, 1.54) is 6.07 Å². The van der Waals surface area contributed by atoms with Crippen LogP contribution in [0.4, 0.5) is 4.39 Å². The van der Waals surface area contributed by atoms with E-state index in [-0.39, 0.29) is 11.5 Å². The van der Waals surface area contributed by atoms with Crippen LogP contribution in [0.15, 0.2) is 78.9 Å². The summed E-state index contributed by atoms with van der Waals surface area (Å²) in [5.74, 6) is 11.1. The number of carbonyl (C=O) groups is 2. The van der Waals surface area contributed by atoms with Gasteiger partial charge in [-0.3, -0.25) is 4.79 Å². The molecule has 0 spiro atoms. The van der Waals surface area contributed by atoms with Crippen LogP contribution in [0.1, 0.15) is 49.9 Å². The van der Waals surface area contributed by atoms with Crippen molar-refractivity contribution in [1.82, 2.24) is 0 Å². The number of hydrogen-bond acceptors (Lipinski definition) is 4. The Morgan fingerprint density at radius 3 is 1.72 bits per heavy atom. The molecule has 3 aromatic carbocycles. The molecule has 5 heteroatoms. The molecule has 0 N–H and O–H groups in total. The van der Waals surface area contributed by atoms with Crippen molar-refractivity contribution in [2.75, 3.05) is 0 Å². The molecule has 0 aromatic heterocycles. The molecule has 180 valence electrons. The summed E-state index contributed by atoms with van der Waals surface area (Å²) >= 11 is 0. The maximum Gasteiger partial charge on any atom is 0.338 e. The van der Waals surface area contributed by atoms with Gasteiger partial charge in [0.2, 0.25) is 0 Å². The first-order chi connectivity index (χ1) is 17.0. The predicted octanol–water partition coefficient (Wildman–Crippen LogP) is 6.06. The van der Waals surface area contributed by atoms with Crippen molar-refractivity contribution in [2.24, 2.45) is 5.41 Å². The van der Waals surface area contributed by atoms with E-state index in [9.17, 15) is 14.0 Å². The third kappa shape index (κ3) is 7.45. The summed E-state index contributed by atoms with van der Waals surface area (Å²) in [6, 6.07) is 18.0. The molecule has 0 atom stereocenters. The summed E-state index contributed by atoms with van der Waals surface area (Å²) in [5, 5.41) is 0. The summed E-state index contributed by atoms with van der Waals surface area (Å²) in [5.41, 5.74) is 1.80. The zero-order valence-corrected chi connectivity index (χ0v) is 20.6. The third-order valence-corrected chi connectivity index (χ3v) is 4.75. The molecule has 0 saturated heterocycles. The molecule has 0 aliphatic rings. The highest BCUT2D eigenvalue weighted by Crippen LogP contribution is 2.20. The van der Waals surface area contributed by atoms with Gasteiger partial charge in [-0.25, -0.2) is 9.18 Å². The highest BCUT2D eigenvalue weighted by Gasteiger charge is 2.23. The molecule has 0 heterocycles. The van der Waals surface area contributed by atoms with Gasteiger partial charge in [-0.15, -0.1) is 0 Å². The zero-order valence-electron chi connectivity index (χ0n) is 20.6. The monoisotopic (exact) mass is 480 g/mol. The highest BCUT2D eigenvalue weighted by molar-refractivity contribution is 5.88. The second-order valence-electron chi connectivity index (χ2n) is 9.05. The minimum atomic E-state index is -0.592. The standard InChI is InChI=1S/C31H25FO4/c1-21(2)29(33)35-26-16-10-23(11-17-26)8-14-25-15-9-24(20-28(25)32)7-6-22-12-18-27(19-13-22)36-30(34)31(3,4)5/h9-13,15-20H,1H2,2-5H3. The van der Waals surface area contributed by atoms with Crippen molar-refractivity contribution in [3.8, 4) is 35.2 Å². The summed E-state index contributed by atoms with van der Waals surface area (Å²) in [7, 11) is 0. The van der Waals surface area contributed by atoms with Gasteiger partial charge in [0.05, 0.1) is 11.0 Å². The Morgan fingerprint density at radius 1 is 0.750 bits per heavy atom. The van der Waals surface area contributed by atoms with Crippen molar-refractivity contribution in [3.63, 3.8) is 0 Å². The minimum absolute atomic E-state index is 0.239. The van der Waals surface area contributed by atoms with E-state index in [0.717, 1.165) is 0 Å². The number of hydrogen-bond donors (Lipinski definition) is 0. The summed E-state index contributed by atoms with van der Waals surface area (Å²) in [4.78, 5) is 23.5. The van der Waals surface area contributed by atoms with Gasteiger partial charge in [0.15, 0.2) is 0 Å². The predicted molar refractivity (Wildman–Crippen MR) is 137 cm³/mol. The average molecular weight is 481 g/mol. The Labute approximate surface area is 210 Å². The maximum atomic E-state index is 14.5. The minimum Gasteiger partial charge on any atom is -0.426 e. The Hall–Kier alpha value is -4.61. The fourth-order valence-electron chi connectivity index (χ4n) is 2.64. The van der Waals surface area contributed by atoms with Crippen LogP contribution in [-0.4, -0.2) is 11.9 Å². The van der Waals surface area contributed by atoms with Crippen LogP contribution in [-0.2, 0) is 9.59 Å². The van der Waals surface area contributed by atoms with Crippen molar-refractivity contribution in [1.29, 1.82) is 0 Å². The van der Waals surface area contributed by atoms with Crippen LogP contribution in [0.2, 0.25) is 0 Å². The molecule has 0 saturated carbocycles. The second kappa shape index (κ2) is 11.2. The fourth-order valence-corrected chi connectivity index (χ4v) is 2.64. The number of rotatable bonds is 3. The molecule has 4 nitrogen and oxygen atoms in total. The maximum absolute atomic E-state index is 14.5. The van der Waals surface area contributed by atoms with E-state index >= 15 is 0 Å². The first-order valence-corrected chi connectivity index (χ1v) is 11.1. The Balaban J connectivity index is 1.66. The molecular formula is C31H25FO4. The largest absolute Gasteiger partial charge is 0.426 e. The van der Waals surface area contributed by atoms with Gasteiger partial charge in [-0.05, 0) is 94.4 Å². The van der Waals surface area contributed by atoms with E-state index in [2.05, 4.69) is 30.3 Å². The van der Waals surface area contributed by atoms with Gasteiger partial charge in [0.1, 0.15) is 17.3 Å². The molecule has 0 fully saturated rings. The van der Waals surface area contributed by atoms with Crippen LogP contribution in [0.25, 0.3) is 0 Å². The summed E-state index contributed by atoms with van der Waals surface area (Å²) in [6.45, 7) is 10.5. The van der Waals surface area contributed by atoms with Crippen molar-refractivity contribution < 1.29 is 23.5 Å². The molecule has 0 radical (unpaired) electrons. The van der Waals surface area contributed by atoms with Gasteiger partial charge in [-0.2, -0.15) is 0 Å². The van der Waals surface area contributed by atoms with Gasteiger partial charge < -0.3 is 9.47 Å². The van der Waals surface area contributed by atoms with Crippen LogP contribution in [0, 0.1) is 34.9 Å². The number of benzene rings is 3. The van der Waals surface area contributed by atoms with E-state index in [0.29, 0.717) is 33.8 Å². The molecule has 0 bridgehead atoms. The number of ether oxygens (including phenoxy) is 2. The zero-order chi connectivity index (χ0) is 26.3. The van der Waals surface area contributed by atoms with Crippen LogP contribution in [0.3, 0.4) is 0 Å². The number of carbonyl (C=O) groups excluding carboxylic acids is 2. The quantitative estimate of drug-likeness (QED) is 0.198. The summed E-state index contributed by atoms with van der Waals surface area (Å²) in [6.07, 6.45) is 0. The van der Waals surface area contributed by atoms with Crippen LogP contribution < -0.4 is 9.47 Å². The van der Waals surface area contributed by atoms with E-state index < -0.39 is 17.2 Å². The lowest BCUT2D eigenvalue weighted by molar-refractivity contribution is -0.143. The Bertz CT molecular complexity index is 1420. The van der Waals surface area contributed by atoms with Crippen molar-refractivity contribution >= 4 is 11.9 Å². The van der Waals surface area contributed by atoms with E-state index in [4.69, 9.17) is 9.47 Å². The molecule has 0 amide bonds. The number of halogens is 1. The van der Waals surface area contributed by atoms with Crippen LogP contribution >= 0.6 is 0 Å². The molecule has 0 unspecified atom stereocenters. The topological polar surface area (TPSA) is 52.6 Å². The van der Waals surface area contributed by atoms with Crippen LogP contribution in [0.5, 0.6) is 11.5 Å². The van der Waals surface area contributed by atoms with Gasteiger partial charge in [-0.1, -0.05) is 30.3 Å². The van der Waals surface area contributed by atoms with Gasteiger partial charge in [0.25, 0.3) is 0 Å². The molecule has 0 aliphatic heterocycles. The van der Waals surface area contributed by atoms with Crippen molar-refractivity contribution in [3.05, 3.63) is 107 Å². The normalized spacial score (nSPS) is 10.2. The summed E-state index contributed by atoms with van der Waals surface area (Å²) < 4.78 is 25.0.